The van der Waals surface area contributed by atoms with E-state index < -0.39 is 7.14 Å². The molecule has 4 heterocycles. The van der Waals surface area contributed by atoms with E-state index >= 15 is 4.57 Å². The average Bonchev–Trinajstić information content (AvgIpc) is 3.77. The van der Waals surface area contributed by atoms with Gasteiger partial charge in [-0.2, -0.15) is 0 Å². The van der Waals surface area contributed by atoms with E-state index in [1.807, 2.05) is 13.8 Å². The highest BCUT2D eigenvalue weighted by Gasteiger charge is 2.45. The zero-order chi connectivity index (χ0) is 32.4. The molecule has 6 heteroatoms. The van der Waals surface area contributed by atoms with Crippen molar-refractivity contribution in [1.29, 1.82) is 0 Å². The molecule has 6 aromatic carbocycles. The lowest BCUT2D eigenvalue weighted by Crippen LogP contribution is -2.26. The lowest BCUT2D eigenvalue weighted by Gasteiger charge is -2.22. The summed E-state index contributed by atoms with van der Waals surface area (Å²) in [6.45, 7) is 4.00. The van der Waals surface area contributed by atoms with E-state index in [-0.39, 0.29) is 0 Å². The monoisotopic (exact) mass is 638 g/mol. The molecule has 0 bridgehead atoms. The van der Waals surface area contributed by atoms with Crippen LogP contribution in [0.3, 0.4) is 0 Å². The molecule has 0 atom stereocenters. The molecule has 9 aromatic rings. The molecule has 3 aromatic heterocycles. The van der Waals surface area contributed by atoms with Crippen molar-refractivity contribution in [1.82, 2.24) is 19.1 Å². The minimum Gasteiger partial charge on any atom is -0.308 e. The van der Waals surface area contributed by atoms with Crippen LogP contribution >= 0.6 is 7.14 Å². The van der Waals surface area contributed by atoms with Crippen LogP contribution in [-0.4, -0.2) is 19.1 Å². The van der Waals surface area contributed by atoms with Gasteiger partial charge in [0, 0.05) is 33.9 Å². The van der Waals surface area contributed by atoms with Gasteiger partial charge in [0.05, 0.1) is 49.4 Å². The van der Waals surface area contributed by atoms with Gasteiger partial charge in [-0.1, -0.05) is 111 Å². The number of para-hydroxylation sites is 4. The van der Waals surface area contributed by atoms with Crippen molar-refractivity contribution >= 4 is 66.7 Å². The predicted octanol–water partition coefficient (Wildman–Crippen LogP) is 9.32. The fourth-order valence-corrected chi connectivity index (χ4v) is 11.0. The molecule has 0 fully saturated rings. The summed E-state index contributed by atoms with van der Waals surface area (Å²) >= 11 is 0. The fourth-order valence-electron chi connectivity index (χ4n) is 7.71. The van der Waals surface area contributed by atoms with Crippen LogP contribution in [-0.2, 0) is 4.57 Å². The normalized spacial score (nSPS) is 13.0. The van der Waals surface area contributed by atoms with Gasteiger partial charge in [0.15, 0.2) is 7.14 Å². The summed E-state index contributed by atoms with van der Waals surface area (Å²) in [5, 5.41) is 6.91. The first-order valence-corrected chi connectivity index (χ1v) is 18.1. The summed E-state index contributed by atoms with van der Waals surface area (Å²) in [5.41, 5.74) is 8.07. The molecule has 1 aliphatic heterocycles. The Balaban J connectivity index is 0.00000154. The molecule has 0 saturated heterocycles. The third-order valence-corrected chi connectivity index (χ3v) is 12.7. The quantitative estimate of drug-likeness (QED) is 0.181. The molecule has 230 valence electrons. The predicted molar refractivity (Wildman–Crippen MR) is 200 cm³/mol. The maximum absolute atomic E-state index is 16.5. The number of rotatable bonds is 3. The van der Waals surface area contributed by atoms with Crippen molar-refractivity contribution < 1.29 is 4.57 Å². The Morgan fingerprint density at radius 3 is 1.19 bits per heavy atom. The minimum absolute atomic E-state index is 0.622. The van der Waals surface area contributed by atoms with Crippen LogP contribution < -0.4 is 15.9 Å². The SMILES string of the molecule is CC.O=P1(c2cncnc2)c2c(cccc2-n2c3ccccc3c3ccccc32)-c2cccc(-n3c4ccccc4c4ccccc43)c21. The van der Waals surface area contributed by atoms with Gasteiger partial charge >= 0.3 is 0 Å². The van der Waals surface area contributed by atoms with Gasteiger partial charge in [-0.05, 0) is 47.5 Å². The first kappa shape index (κ1) is 28.5. The molecular weight excluding hydrogens is 607 g/mol. The van der Waals surface area contributed by atoms with Crippen molar-refractivity contribution in [2.45, 2.75) is 13.8 Å². The summed E-state index contributed by atoms with van der Waals surface area (Å²) < 4.78 is 21.1. The summed E-state index contributed by atoms with van der Waals surface area (Å²) in [7, 11) is -3.54. The molecular formula is C42H31N4OP. The topological polar surface area (TPSA) is 52.7 Å². The lowest BCUT2D eigenvalue weighted by atomic mass is 10.0. The first-order valence-electron chi connectivity index (χ1n) is 16.4. The summed E-state index contributed by atoms with van der Waals surface area (Å²) in [5.74, 6) is 0. The van der Waals surface area contributed by atoms with Gasteiger partial charge in [0.25, 0.3) is 0 Å². The van der Waals surface area contributed by atoms with E-state index in [1.165, 1.54) is 6.33 Å². The Bertz CT molecular complexity index is 2470. The van der Waals surface area contributed by atoms with E-state index in [4.69, 9.17) is 0 Å². The van der Waals surface area contributed by atoms with Crippen molar-refractivity contribution in [3.05, 3.63) is 152 Å². The third kappa shape index (κ3) is 3.77. The highest BCUT2D eigenvalue weighted by Crippen LogP contribution is 2.56. The van der Waals surface area contributed by atoms with Crippen LogP contribution in [0.25, 0.3) is 66.1 Å². The summed E-state index contributed by atoms with van der Waals surface area (Å²) in [6.07, 6.45) is 4.97. The summed E-state index contributed by atoms with van der Waals surface area (Å²) in [6, 6.07) is 46.5. The molecule has 0 N–H and O–H groups in total. The molecule has 5 nitrogen and oxygen atoms in total. The average molecular weight is 639 g/mol. The zero-order valence-corrected chi connectivity index (χ0v) is 27.5. The highest BCUT2D eigenvalue weighted by atomic mass is 31.2. The van der Waals surface area contributed by atoms with Crippen molar-refractivity contribution in [2.75, 3.05) is 0 Å². The Hall–Kier alpha value is -5.77. The van der Waals surface area contributed by atoms with Crippen molar-refractivity contribution in [3.8, 4) is 22.5 Å². The van der Waals surface area contributed by atoms with Gasteiger partial charge in [0.1, 0.15) is 6.33 Å². The van der Waals surface area contributed by atoms with E-state index in [9.17, 15) is 0 Å². The highest BCUT2D eigenvalue weighted by molar-refractivity contribution is 7.86. The zero-order valence-electron chi connectivity index (χ0n) is 26.6. The standard InChI is InChI=1S/C40H25N4OP.C2H6/c45-46(26-23-41-25-42-24-26)39-31(15-9-21-37(39)43-33-17-5-1-11-27(33)28-12-2-6-18-34(28)43)32-16-10-22-38(40(32)46)44-35-19-7-3-13-29(35)30-14-4-8-20-36(30)44;1-2/h1-25H;1-2H3. The molecule has 10 rings (SSSR count). The van der Waals surface area contributed by atoms with Gasteiger partial charge < -0.3 is 13.7 Å². The molecule has 0 radical (unpaired) electrons. The molecule has 0 unspecified atom stereocenters. The number of fused-ring (bicyclic) bond motifs is 9. The van der Waals surface area contributed by atoms with Gasteiger partial charge in [-0.15, -0.1) is 0 Å². The largest absolute Gasteiger partial charge is 0.308 e. The Morgan fingerprint density at radius 1 is 0.458 bits per heavy atom. The third-order valence-electron chi connectivity index (χ3n) is 9.50. The van der Waals surface area contributed by atoms with Crippen molar-refractivity contribution in [2.24, 2.45) is 0 Å². The number of hydrogen-bond donors (Lipinski definition) is 0. The van der Waals surface area contributed by atoms with Crippen LogP contribution in [0.1, 0.15) is 13.8 Å². The van der Waals surface area contributed by atoms with Gasteiger partial charge in [-0.3, -0.25) is 0 Å². The lowest BCUT2D eigenvalue weighted by molar-refractivity contribution is 0.592. The van der Waals surface area contributed by atoms with Crippen LogP contribution in [0.5, 0.6) is 0 Å². The van der Waals surface area contributed by atoms with E-state index in [1.54, 1.807) is 12.4 Å². The molecule has 0 saturated carbocycles. The smallest absolute Gasteiger partial charge is 0.179 e. The van der Waals surface area contributed by atoms with Gasteiger partial charge in [-0.25, -0.2) is 9.97 Å². The van der Waals surface area contributed by atoms with Crippen molar-refractivity contribution in [3.63, 3.8) is 0 Å². The number of benzene rings is 6. The molecule has 0 aliphatic carbocycles. The maximum Gasteiger partial charge on any atom is 0.179 e. The molecule has 0 spiro atoms. The fraction of sp³-hybridized carbons (Fsp3) is 0.0476. The Labute approximate surface area is 278 Å². The number of nitrogens with zero attached hydrogens (tertiary/aromatic N) is 4. The second kappa shape index (κ2) is 10.9. The molecule has 0 amide bonds. The maximum atomic E-state index is 16.5. The van der Waals surface area contributed by atoms with E-state index in [0.717, 1.165) is 76.7 Å². The van der Waals surface area contributed by atoms with Crippen LogP contribution in [0, 0.1) is 0 Å². The van der Waals surface area contributed by atoms with Crippen LogP contribution in [0.4, 0.5) is 0 Å². The molecule has 48 heavy (non-hydrogen) atoms. The second-order valence-corrected chi connectivity index (χ2v) is 14.4. The second-order valence-electron chi connectivity index (χ2n) is 11.8. The first-order chi connectivity index (χ1) is 23.7. The molecule has 1 aliphatic rings. The van der Waals surface area contributed by atoms with E-state index in [0.29, 0.717) is 5.30 Å². The Kier molecular flexibility index (Phi) is 6.46. The minimum atomic E-state index is -3.54. The summed E-state index contributed by atoms with van der Waals surface area (Å²) in [4.78, 5) is 8.82. The van der Waals surface area contributed by atoms with Crippen LogP contribution in [0.15, 0.2) is 152 Å². The van der Waals surface area contributed by atoms with Crippen LogP contribution in [0.2, 0.25) is 0 Å². The Morgan fingerprint density at radius 2 is 0.812 bits per heavy atom. The van der Waals surface area contributed by atoms with Gasteiger partial charge in [0.2, 0.25) is 0 Å². The van der Waals surface area contributed by atoms with E-state index in [2.05, 4.69) is 153 Å². The number of hydrogen-bond acceptors (Lipinski definition) is 3. The number of aromatic nitrogens is 4.